The summed E-state index contributed by atoms with van der Waals surface area (Å²) in [6.07, 6.45) is 6.12. The predicted molar refractivity (Wildman–Crippen MR) is 92.1 cm³/mol. The van der Waals surface area contributed by atoms with E-state index in [2.05, 4.69) is 46.1 Å². The minimum Gasteiger partial charge on any atom is -0.481 e. The fourth-order valence-electron chi connectivity index (χ4n) is 3.06. The molecule has 0 amide bonds. The third-order valence-corrected chi connectivity index (χ3v) is 4.48. The summed E-state index contributed by atoms with van der Waals surface area (Å²) in [5.74, 6) is -0.718. The van der Waals surface area contributed by atoms with E-state index in [4.69, 9.17) is 5.11 Å². The monoisotopic (exact) mass is 319 g/mol. The molecule has 1 aliphatic rings. The fraction of sp³-hybridized carbons (Fsp3) is 0.611. The summed E-state index contributed by atoms with van der Waals surface area (Å²) in [5.41, 5.74) is 8.16. The zero-order chi connectivity index (χ0) is 16.5. The van der Waals surface area contributed by atoms with Crippen LogP contribution in [0.15, 0.2) is 30.3 Å². The van der Waals surface area contributed by atoms with E-state index in [1.807, 2.05) is 7.05 Å². The van der Waals surface area contributed by atoms with Crippen LogP contribution in [-0.4, -0.2) is 42.2 Å². The standard InChI is InChI=1S/C18H29N3O2/c1-21(13-11-18(22)23)12-7-3-6-10-16-14-17(20-19-16)15-8-4-2-5-9-15/h2,4-5,8-9,16-17,19-20H,3,6-7,10-14H2,1H3,(H,22,23). The summed E-state index contributed by atoms with van der Waals surface area (Å²) in [7, 11) is 2.00. The van der Waals surface area contributed by atoms with Crippen molar-refractivity contribution in [2.75, 3.05) is 20.1 Å². The molecule has 1 saturated heterocycles. The van der Waals surface area contributed by atoms with Gasteiger partial charge in [0.2, 0.25) is 0 Å². The van der Waals surface area contributed by atoms with Gasteiger partial charge in [0, 0.05) is 18.6 Å². The van der Waals surface area contributed by atoms with Crippen LogP contribution < -0.4 is 10.9 Å². The van der Waals surface area contributed by atoms with Crippen LogP contribution >= 0.6 is 0 Å². The van der Waals surface area contributed by atoms with Crippen molar-refractivity contribution in [1.82, 2.24) is 15.8 Å². The number of carbonyl (C=O) groups is 1. The SMILES string of the molecule is CN(CCCCCC1CC(c2ccccc2)NN1)CCC(=O)O. The van der Waals surface area contributed by atoms with Gasteiger partial charge in [0.25, 0.3) is 0 Å². The molecule has 3 N–H and O–H groups in total. The average molecular weight is 319 g/mol. The number of unbranched alkanes of at least 4 members (excludes halogenated alkanes) is 2. The molecule has 0 spiro atoms. The molecular formula is C18H29N3O2. The Labute approximate surface area is 139 Å². The average Bonchev–Trinajstić information content (AvgIpc) is 3.02. The molecule has 0 aliphatic carbocycles. The molecule has 1 heterocycles. The Balaban J connectivity index is 1.53. The lowest BCUT2D eigenvalue weighted by Crippen LogP contribution is -2.30. The van der Waals surface area contributed by atoms with Gasteiger partial charge in [-0.05, 0) is 38.4 Å². The third kappa shape index (κ3) is 6.69. The van der Waals surface area contributed by atoms with Crippen molar-refractivity contribution >= 4 is 5.97 Å². The maximum absolute atomic E-state index is 10.5. The maximum atomic E-state index is 10.5. The predicted octanol–water partition coefficient (Wildman–Crippen LogP) is 2.56. The molecule has 5 heteroatoms. The van der Waals surface area contributed by atoms with Crippen LogP contribution in [0.4, 0.5) is 0 Å². The van der Waals surface area contributed by atoms with E-state index in [1.54, 1.807) is 0 Å². The minimum absolute atomic E-state index is 0.231. The molecule has 0 radical (unpaired) electrons. The minimum atomic E-state index is -0.718. The second-order valence-corrected chi connectivity index (χ2v) is 6.48. The second-order valence-electron chi connectivity index (χ2n) is 6.48. The Morgan fingerprint density at radius 1 is 1.17 bits per heavy atom. The van der Waals surface area contributed by atoms with Crippen LogP contribution in [-0.2, 0) is 4.79 Å². The number of nitrogens with zero attached hydrogens (tertiary/aromatic N) is 1. The number of hydrogen-bond acceptors (Lipinski definition) is 4. The first-order valence-electron chi connectivity index (χ1n) is 8.61. The first-order valence-corrected chi connectivity index (χ1v) is 8.61. The molecular weight excluding hydrogens is 290 g/mol. The van der Waals surface area contributed by atoms with E-state index in [9.17, 15) is 4.79 Å². The van der Waals surface area contributed by atoms with Crippen molar-refractivity contribution in [3.8, 4) is 0 Å². The number of carboxylic acid groups (broad SMARTS) is 1. The summed E-state index contributed by atoms with van der Waals surface area (Å²) in [5, 5.41) is 8.66. The van der Waals surface area contributed by atoms with Crippen molar-refractivity contribution in [3.05, 3.63) is 35.9 Å². The highest BCUT2D eigenvalue weighted by molar-refractivity contribution is 5.66. The van der Waals surface area contributed by atoms with Crippen LogP contribution in [0.1, 0.15) is 50.1 Å². The zero-order valence-electron chi connectivity index (χ0n) is 14.0. The first-order chi connectivity index (χ1) is 11.1. The van der Waals surface area contributed by atoms with Crippen LogP contribution in [0.3, 0.4) is 0 Å². The van der Waals surface area contributed by atoms with Gasteiger partial charge in [0.15, 0.2) is 0 Å². The summed E-state index contributed by atoms with van der Waals surface area (Å²) in [6.45, 7) is 1.62. The van der Waals surface area contributed by atoms with E-state index in [0.717, 1.165) is 19.4 Å². The van der Waals surface area contributed by atoms with Crippen LogP contribution in [0.5, 0.6) is 0 Å². The number of carboxylic acids is 1. The van der Waals surface area contributed by atoms with Crippen molar-refractivity contribution in [1.29, 1.82) is 0 Å². The molecule has 2 unspecified atom stereocenters. The fourth-order valence-corrected chi connectivity index (χ4v) is 3.06. The molecule has 1 aliphatic heterocycles. The van der Waals surface area contributed by atoms with E-state index in [1.165, 1.54) is 24.8 Å². The lowest BCUT2D eigenvalue weighted by Gasteiger charge is -2.15. The van der Waals surface area contributed by atoms with E-state index >= 15 is 0 Å². The van der Waals surface area contributed by atoms with Gasteiger partial charge in [-0.25, -0.2) is 0 Å². The molecule has 0 aromatic heterocycles. The molecule has 0 bridgehead atoms. The molecule has 1 fully saturated rings. The number of hydrazine groups is 1. The highest BCUT2D eigenvalue weighted by atomic mass is 16.4. The first kappa shape index (κ1) is 17.9. The normalized spacial score (nSPS) is 21.0. The highest BCUT2D eigenvalue weighted by Gasteiger charge is 2.24. The topological polar surface area (TPSA) is 64.6 Å². The lowest BCUT2D eigenvalue weighted by molar-refractivity contribution is -0.137. The molecule has 2 atom stereocenters. The number of hydrogen-bond donors (Lipinski definition) is 3. The van der Waals surface area contributed by atoms with Gasteiger partial charge in [0.05, 0.1) is 6.42 Å². The molecule has 0 saturated carbocycles. The number of nitrogens with one attached hydrogen (secondary N) is 2. The van der Waals surface area contributed by atoms with E-state index < -0.39 is 5.97 Å². The second kappa shape index (κ2) is 9.65. The van der Waals surface area contributed by atoms with Gasteiger partial charge in [0.1, 0.15) is 0 Å². The Morgan fingerprint density at radius 3 is 2.70 bits per heavy atom. The van der Waals surface area contributed by atoms with Gasteiger partial charge in [-0.2, -0.15) is 0 Å². The molecule has 23 heavy (non-hydrogen) atoms. The van der Waals surface area contributed by atoms with Gasteiger partial charge < -0.3 is 10.0 Å². The summed E-state index contributed by atoms with van der Waals surface area (Å²) >= 11 is 0. The Bertz CT molecular complexity index is 467. The van der Waals surface area contributed by atoms with E-state index in [-0.39, 0.29) is 6.42 Å². The largest absolute Gasteiger partial charge is 0.481 e. The quantitative estimate of drug-likeness (QED) is 0.579. The maximum Gasteiger partial charge on any atom is 0.304 e. The van der Waals surface area contributed by atoms with Crippen LogP contribution in [0.2, 0.25) is 0 Å². The number of rotatable bonds is 10. The lowest BCUT2D eigenvalue weighted by atomic mass is 9.99. The molecule has 5 nitrogen and oxygen atoms in total. The zero-order valence-corrected chi connectivity index (χ0v) is 14.0. The van der Waals surface area contributed by atoms with Gasteiger partial charge in [-0.3, -0.25) is 15.6 Å². The summed E-state index contributed by atoms with van der Waals surface area (Å²) < 4.78 is 0. The van der Waals surface area contributed by atoms with Crippen molar-refractivity contribution in [2.45, 2.75) is 50.6 Å². The van der Waals surface area contributed by atoms with Crippen LogP contribution in [0.25, 0.3) is 0 Å². The third-order valence-electron chi connectivity index (χ3n) is 4.48. The molecule has 2 rings (SSSR count). The van der Waals surface area contributed by atoms with Crippen LogP contribution in [0, 0.1) is 0 Å². The molecule has 1 aromatic rings. The Kier molecular flexibility index (Phi) is 7.52. The van der Waals surface area contributed by atoms with E-state index in [0.29, 0.717) is 18.6 Å². The van der Waals surface area contributed by atoms with Gasteiger partial charge in [-0.15, -0.1) is 0 Å². The number of benzene rings is 1. The molecule has 128 valence electrons. The Hall–Kier alpha value is -1.43. The van der Waals surface area contributed by atoms with Gasteiger partial charge in [-0.1, -0.05) is 43.2 Å². The summed E-state index contributed by atoms with van der Waals surface area (Å²) in [6, 6.07) is 11.5. The van der Waals surface area contributed by atoms with Crippen molar-refractivity contribution in [3.63, 3.8) is 0 Å². The summed E-state index contributed by atoms with van der Waals surface area (Å²) in [4.78, 5) is 12.6. The Morgan fingerprint density at radius 2 is 1.96 bits per heavy atom. The van der Waals surface area contributed by atoms with Crippen molar-refractivity contribution in [2.24, 2.45) is 0 Å². The molecule has 1 aromatic carbocycles. The number of aliphatic carboxylic acids is 1. The smallest absolute Gasteiger partial charge is 0.304 e. The van der Waals surface area contributed by atoms with Gasteiger partial charge >= 0.3 is 5.97 Å². The van der Waals surface area contributed by atoms with Crippen molar-refractivity contribution < 1.29 is 9.90 Å². The highest BCUT2D eigenvalue weighted by Crippen LogP contribution is 2.24.